The Labute approximate surface area is 172 Å². The quantitative estimate of drug-likeness (QED) is 0.228. The molecule has 0 fully saturated rings. The lowest BCUT2D eigenvalue weighted by atomic mass is 10.1. The van der Waals surface area contributed by atoms with Crippen molar-refractivity contribution in [2.45, 2.75) is 40.0 Å². The van der Waals surface area contributed by atoms with E-state index in [1.54, 1.807) is 0 Å². The molecule has 0 aromatic heterocycles. The van der Waals surface area contributed by atoms with Gasteiger partial charge in [-0.2, -0.15) is 0 Å². The normalized spacial score (nSPS) is 12.5. The molecule has 0 aliphatic carbocycles. The zero-order valence-corrected chi connectivity index (χ0v) is 18.5. The van der Waals surface area contributed by atoms with E-state index in [-0.39, 0.29) is 0 Å². The minimum Gasteiger partial charge on any atom is -0.379 e. The van der Waals surface area contributed by atoms with Crippen molar-refractivity contribution in [3.05, 3.63) is 0 Å². The average Bonchev–Trinajstić information content (AvgIpc) is 2.71. The number of hydrogen-bond acceptors (Lipinski definition) is 7. The van der Waals surface area contributed by atoms with Crippen molar-refractivity contribution in [2.24, 2.45) is 5.92 Å². The molecule has 0 saturated heterocycles. The Hall–Kier alpha value is -0.280. The first-order chi connectivity index (χ1) is 13.8. The summed E-state index contributed by atoms with van der Waals surface area (Å²) in [5.41, 5.74) is 0. The molecular weight excluding hydrogens is 364 g/mol. The summed E-state index contributed by atoms with van der Waals surface area (Å²) in [6, 6.07) is 0. The molecule has 0 bridgehead atoms. The highest BCUT2D eigenvalue weighted by atomic mass is 16.6. The summed E-state index contributed by atoms with van der Waals surface area (Å²) in [5, 5.41) is 0. The number of rotatable bonds is 24. The van der Waals surface area contributed by atoms with Gasteiger partial charge in [-0.1, -0.05) is 33.6 Å². The Morgan fingerprint density at radius 1 is 0.464 bits per heavy atom. The van der Waals surface area contributed by atoms with Crippen LogP contribution in [0.1, 0.15) is 40.0 Å². The van der Waals surface area contributed by atoms with Crippen molar-refractivity contribution >= 4 is 0 Å². The highest BCUT2D eigenvalue weighted by Gasteiger charge is 1.98. The molecule has 0 aromatic rings. The Morgan fingerprint density at radius 2 is 0.786 bits per heavy atom. The van der Waals surface area contributed by atoms with E-state index in [0.717, 1.165) is 32.5 Å². The average molecular weight is 409 g/mol. The Bertz CT molecular complexity index is 279. The van der Waals surface area contributed by atoms with Gasteiger partial charge in [0.2, 0.25) is 0 Å². The van der Waals surface area contributed by atoms with Gasteiger partial charge in [-0.05, 0) is 12.3 Å². The molecule has 7 nitrogen and oxygen atoms in total. The summed E-state index contributed by atoms with van der Waals surface area (Å²) >= 11 is 0. The molecule has 0 aliphatic rings. The van der Waals surface area contributed by atoms with Gasteiger partial charge in [0.05, 0.1) is 79.3 Å². The maximum absolute atomic E-state index is 5.51. The second kappa shape index (κ2) is 24.8. The van der Waals surface area contributed by atoms with E-state index in [2.05, 4.69) is 20.8 Å². The highest BCUT2D eigenvalue weighted by Crippen LogP contribution is 1.99. The molecule has 0 N–H and O–H groups in total. The largest absolute Gasteiger partial charge is 0.379 e. The summed E-state index contributed by atoms with van der Waals surface area (Å²) in [4.78, 5) is 0. The summed E-state index contributed by atoms with van der Waals surface area (Å²) in [6.45, 7) is 15.2. The molecule has 0 spiro atoms. The monoisotopic (exact) mass is 408 g/mol. The third-order valence-corrected chi connectivity index (χ3v) is 3.97. The van der Waals surface area contributed by atoms with Crippen LogP contribution in [0.25, 0.3) is 0 Å². The van der Waals surface area contributed by atoms with Crippen LogP contribution in [-0.2, 0) is 33.2 Å². The molecule has 7 heteroatoms. The molecule has 1 atom stereocenters. The fourth-order valence-corrected chi connectivity index (χ4v) is 1.97. The SMILES string of the molecule is CCCCOCCOCCOCCOCCOCCOCCOCC(C)CC. The molecule has 0 heterocycles. The summed E-state index contributed by atoms with van der Waals surface area (Å²) in [6.07, 6.45) is 3.41. The van der Waals surface area contributed by atoms with E-state index in [4.69, 9.17) is 33.2 Å². The summed E-state index contributed by atoms with van der Waals surface area (Å²) in [7, 11) is 0. The lowest BCUT2D eigenvalue weighted by Crippen LogP contribution is -2.15. The number of hydrogen-bond donors (Lipinski definition) is 0. The fourth-order valence-electron chi connectivity index (χ4n) is 1.97. The van der Waals surface area contributed by atoms with Crippen LogP contribution in [0.4, 0.5) is 0 Å². The van der Waals surface area contributed by atoms with Gasteiger partial charge in [0.1, 0.15) is 0 Å². The smallest absolute Gasteiger partial charge is 0.0701 e. The van der Waals surface area contributed by atoms with Crippen LogP contribution in [0.15, 0.2) is 0 Å². The predicted octanol–water partition coefficient (Wildman–Crippen LogP) is 2.95. The van der Waals surface area contributed by atoms with Crippen molar-refractivity contribution in [2.75, 3.05) is 92.5 Å². The van der Waals surface area contributed by atoms with Gasteiger partial charge in [-0.25, -0.2) is 0 Å². The topological polar surface area (TPSA) is 64.6 Å². The van der Waals surface area contributed by atoms with E-state index < -0.39 is 0 Å². The Morgan fingerprint density at radius 3 is 1.11 bits per heavy atom. The van der Waals surface area contributed by atoms with Crippen LogP contribution < -0.4 is 0 Å². The van der Waals surface area contributed by atoms with E-state index in [1.165, 1.54) is 0 Å². The first kappa shape index (κ1) is 27.7. The third kappa shape index (κ3) is 23.8. The zero-order valence-electron chi connectivity index (χ0n) is 18.5. The van der Waals surface area contributed by atoms with Crippen molar-refractivity contribution in [3.8, 4) is 0 Å². The molecule has 0 amide bonds. The van der Waals surface area contributed by atoms with Gasteiger partial charge in [-0.3, -0.25) is 0 Å². The van der Waals surface area contributed by atoms with Crippen LogP contribution >= 0.6 is 0 Å². The third-order valence-electron chi connectivity index (χ3n) is 3.97. The van der Waals surface area contributed by atoms with Gasteiger partial charge in [-0.15, -0.1) is 0 Å². The van der Waals surface area contributed by atoms with E-state index >= 15 is 0 Å². The molecule has 28 heavy (non-hydrogen) atoms. The highest BCUT2D eigenvalue weighted by molar-refractivity contribution is 4.46. The molecule has 0 radical (unpaired) electrons. The van der Waals surface area contributed by atoms with Crippen molar-refractivity contribution in [3.63, 3.8) is 0 Å². The number of unbranched alkanes of at least 4 members (excludes halogenated alkanes) is 1. The molecular formula is C21H44O7. The van der Waals surface area contributed by atoms with Crippen LogP contribution in [0, 0.1) is 5.92 Å². The lowest BCUT2D eigenvalue weighted by molar-refractivity contribution is -0.0215. The van der Waals surface area contributed by atoms with Crippen LogP contribution in [-0.4, -0.2) is 92.5 Å². The fraction of sp³-hybridized carbons (Fsp3) is 1.00. The lowest BCUT2D eigenvalue weighted by Gasteiger charge is -2.10. The maximum Gasteiger partial charge on any atom is 0.0701 e. The van der Waals surface area contributed by atoms with Gasteiger partial charge < -0.3 is 33.2 Å². The van der Waals surface area contributed by atoms with Gasteiger partial charge in [0.25, 0.3) is 0 Å². The van der Waals surface area contributed by atoms with Crippen LogP contribution in [0.5, 0.6) is 0 Å². The first-order valence-corrected chi connectivity index (χ1v) is 10.8. The number of ether oxygens (including phenoxy) is 7. The zero-order chi connectivity index (χ0) is 20.5. The van der Waals surface area contributed by atoms with Crippen molar-refractivity contribution < 1.29 is 33.2 Å². The minimum atomic E-state index is 0.562. The Kier molecular flexibility index (Phi) is 24.5. The Balaban J connectivity index is 3.00. The predicted molar refractivity (Wildman–Crippen MR) is 110 cm³/mol. The van der Waals surface area contributed by atoms with Crippen molar-refractivity contribution in [1.29, 1.82) is 0 Å². The summed E-state index contributed by atoms with van der Waals surface area (Å²) in [5.74, 6) is 0.613. The van der Waals surface area contributed by atoms with Crippen LogP contribution in [0.3, 0.4) is 0 Å². The van der Waals surface area contributed by atoms with Crippen molar-refractivity contribution in [1.82, 2.24) is 0 Å². The van der Waals surface area contributed by atoms with E-state index in [9.17, 15) is 0 Å². The van der Waals surface area contributed by atoms with E-state index in [0.29, 0.717) is 85.2 Å². The van der Waals surface area contributed by atoms with E-state index in [1.807, 2.05) is 0 Å². The molecule has 0 aromatic carbocycles. The second-order valence-corrected chi connectivity index (χ2v) is 6.62. The molecule has 0 saturated carbocycles. The molecule has 0 rings (SSSR count). The molecule has 170 valence electrons. The van der Waals surface area contributed by atoms with Gasteiger partial charge >= 0.3 is 0 Å². The van der Waals surface area contributed by atoms with Crippen LogP contribution in [0.2, 0.25) is 0 Å². The second-order valence-electron chi connectivity index (χ2n) is 6.62. The first-order valence-electron chi connectivity index (χ1n) is 10.8. The molecule has 1 unspecified atom stereocenters. The summed E-state index contributed by atoms with van der Waals surface area (Å²) < 4.78 is 38.1. The van der Waals surface area contributed by atoms with Gasteiger partial charge in [0.15, 0.2) is 0 Å². The maximum atomic E-state index is 5.51. The minimum absolute atomic E-state index is 0.562. The standard InChI is InChI=1S/C21H44O7/c1-4-6-7-22-8-9-23-10-11-24-12-13-25-14-15-26-16-17-27-18-19-28-20-21(3)5-2/h21H,4-20H2,1-3H3. The van der Waals surface area contributed by atoms with Gasteiger partial charge in [0, 0.05) is 13.2 Å². The molecule has 0 aliphatic heterocycles.